The first-order chi connectivity index (χ1) is 16.7. The van der Waals surface area contributed by atoms with Crippen molar-refractivity contribution >= 4 is 17.7 Å². The van der Waals surface area contributed by atoms with Crippen LogP contribution in [0.5, 0.6) is 0 Å². The third-order valence-electron chi connectivity index (χ3n) is 5.98. The molecule has 1 fully saturated rings. The summed E-state index contributed by atoms with van der Waals surface area (Å²) >= 11 is 1.55. The highest BCUT2D eigenvalue weighted by Gasteiger charge is 2.20. The van der Waals surface area contributed by atoms with Gasteiger partial charge in [-0.3, -0.25) is 9.36 Å². The molecule has 0 aliphatic carbocycles. The Morgan fingerprint density at radius 3 is 2.29 bits per heavy atom. The van der Waals surface area contributed by atoms with Crippen LogP contribution >= 0.6 is 11.8 Å². The highest BCUT2D eigenvalue weighted by Crippen LogP contribution is 2.29. The summed E-state index contributed by atoms with van der Waals surface area (Å²) in [4.78, 5) is 14.5. The Balaban J connectivity index is 1.36. The summed E-state index contributed by atoms with van der Waals surface area (Å²) in [6.07, 6.45) is 2.16. The molecule has 1 aromatic heterocycles. The van der Waals surface area contributed by atoms with E-state index in [0.717, 1.165) is 47.8 Å². The Labute approximate surface area is 202 Å². The van der Waals surface area contributed by atoms with E-state index in [0.29, 0.717) is 23.7 Å². The second-order valence-electron chi connectivity index (χ2n) is 8.34. The lowest BCUT2D eigenvalue weighted by molar-refractivity contribution is 0.0793. The van der Waals surface area contributed by atoms with Gasteiger partial charge in [-0.25, -0.2) is 4.39 Å². The van der Waals surface area contributed by atoms with E-state index in [2.05, 4.69) is 10.2 Å². The lowest BCUT2D eigenvalue weighted by Gasteiger charge is -2.15. The van der Waals surface area contributed by atoms with Gasteiger partial charge in [0.05, 0.1) is 12.1 Å². The molecule has 3 aromatic carbocycles. The monoisotopic (exact) mass is 472 g/mol. The van der Waals surface area contributed by atoms with E-state index < -0.39 is 0 Å². The molecule has 34 heavy (non-hydrogen) atoms. The molecule has 1 saturated heterocycles. The summed E-state index contributed by atoms with van der Waals surface area (Å²) in [5.41, 5.74) is 3.34. The molecule has 0 radical (unpaired) electrons. The Morgan fingerprint density at radius 2 is 1.56 bits per heavy atom. The van der Waals surface area contributed by atoms with Gasteiger partial charge in [0.25, 0.3) is 5.91 Å². The molecule has 0 atom stereocenters. The van der Waals surface area contributed by atoms with Crippen LogP contribution in [0.15, 0.2) is 84.0 Å². The van der Waals surface area contributed by atoms with E-state index in [1.165, 1.54) is 6.07 Å². The highest BCUT2D eigenvalue weighted by molar-refractivity contribution is 7.98. The van der Waals surface area contributed by atoms with Gasteiger partial charge in [0.15, 0.2) is 11.0 Å². The molecule has 172 valence electrons. The van der Waals surface area contributed by atoms with Crippen LogP contribution in [-0.4, -0.2) is 38.7 Å². The maximum absolute atomic E-state index is 14.6. The molecule has 5 rings (SSSR count). The van der Waals surface area contributed by atoms with Crippen LogP contribution < -0.4 is 0 Å². The van der Waals surface area contributed by atoms with Gasteiger partial charge in [0.2, 0.25) is 0 Å². The van der Waals surface area contributed by atoms with E-state index in [-0.39, 0.29) is 11.7 Å². The van der Waals surface area contributed by atoms with Gasteiger partial charge in [-0.2, -0.15) is 0 Å². The number of rotatable bonds is 7. The number of hydrogen-bond donors (Lipinski definition) is 0. The molecule has 5 nitrogen and oxygen atoms in total. The molecule has 0 spiro atoms. The zero-order valence-electron chi connectivity index (χ0n) is 18.7. The zero-order chi connectivity index (χ0) is 23.3. The van der Waals surface area contributed by atoms with E-state index in [4.69, 9.17) is 0 Å². The molecular formula is C27H25FN4OS. The summed E-state index contributed by atoms with van der Waals surface area (Å²) in [6, 6.07) is 24.4. The van der Waals surface area contributed by atoms with Gasteiger partial charge in [-0.1, -0.05) is 66.4 Å². The largest absolute Gasteiger partial charge is 0.339 e. The van der Waals surface area contributed by atoms with Gasteiger partial charge in [0, 0.05) is 24.4 Å². The maximum Gasteiger partial charge on any atom is 0.253 e. The van der Waals surface area contributed by atoms with Crippen LogP contribution in [-0.2, 0) is 12.3 Å². The van der Waals surface area contributed by atoms with E-state index in [1.54, 1.807) is 30.0 Å². The molecule has 7 heteroatoms. The summed E-state index contributed by atoms with van der Waals surface area (Å²) in [7, 11) is 0. The average molecular weight is 473 g/mol. The number of hydrogen-bond acceptors (Lipinski definition) is 4. The number of halogens is 1. The first-order valence-corrected chi connectivity index (χ1v) is 12.4. The van der Waals surface area contributed by atoms with Crippen molar-refractivity contribution in [1.82, 2.24) is 19.7 Å². The lowest BCUT2D eigenvalue weighted by atomic mass is 10.1. The molecule has 0 unspecified atom stereocenters. The van der Waals surface area contributed by atoms with Crippen molar-refractivity contribution in [2.24, 2.45) is 0 Å². The van der Waals surface area contributed by atoms with Crippen LogP contribution in [0.2, 0.25) is 0 Å². The third-order valence-corrected chi connectivity index (χ3v) is 7.02. The normalized spacial score (nSPS) is 13.4. The molecule has 1 aliphatic heterocycles. The minimum Gasteiger partial charge on any atom is -0.339 e. The molecule has 0 N–H and O–H groups in total. The summed E-state index contributed by atoms with van der Waals surface area (Å²) < 4.78 is 16.5. The van der Waals surface area contributed by atoms with Gasteiger partial charge in [0.1, 0.15) is 5.82 Å². The number of nitrogens with zero attached hydrogens (tertiary/aromatic N) is 4. The first kappa shape index (κ1) is 22.3. The number of likely N-dealkylation sites (tertiary alicyclic amines) is 1. The van der Waals surface area contributed by atoms with E-state index >= 15 is 0 Å². The Hall–Kier alpha value is -3.45. The SMILES string of the molecule is O=C(c1ccc(CSc2nnc(-c3ccccc3F)n2Cc2ccccc2)cc1)N1CCCC1. The first-order valence-electron chi connectivity index (χ1n) is 11.4. The number of benzene rings is 3. The van der Waals surface area contributed by atoms with Crippen molar-refractivity contribution in [1.29, 1.82) is 0 Å². The minimum atomic E-state index is -0.320. The second-order valence-corrected chi connectivity index (χ2v) is 9.29. The summed E-state index contributed by atoms with van der Waals surface area (Å²) in [5, 5.41) is 9.45. The van der Waals surface area contributed by atoms with E-state index in [9.17, 15) is 9.18 Å². The zero-order valence-corrected chi connectivity index (χ0v) is 19.5. The van der Waals surface area contributed by atoms with Crippen LogP contribution in [0.3, 0.4) is 0 Å². The molecule has 1 aliphatic rings. The summed E-state index contributed by atoms with van der Waals surface area (Å²) in [5.74, 6) is 0.964. The quantitative estimate of drug-likeness (QED) is 0.326. The minimum absolute atomic E-state index is 0.105. The molecule has 4 aromatic rings. The Morgan fingerprint density at radius 1 is 0.853 bits per heavy atom. The predicted molar refractivity (Wildman–Crippen MR) is 132 cm³/mol. The molecule has 1 amide bonds. The fourth-order valence-corrected chi connectivity index (χ4v) is 5.03. The lowest BCUT2D eigenvalue weighted by Crippen LogP contribution is -2.27. The molecule has 0 saturated carbocycles. The van der Waals surface area contributed by atoms with Crippen molar-refractivity contribution in [2.75, 3.05) is 13.1 Å². The third kappa shape index (κ3) is 4.89. The van der Waals surface area contributed by atoms with Crippen molar-refractivity contribution in [3.8, 4) is 11.4 Å². The number of amides is 1. The van der Waals surface area contributed by atoms with Gasteiger partial charge < -0.3 is 4.90 Å². The fraction of sp³-hybridized carbons (Fsp3) is 0.222. The molecular weight excluding hydrogens is 447 g/mol. The van der Waals surface area contributed by atoms with Gasteiger partial charge >= 0.3 is 0 Å². The fourth-order valence-electron chi connectivity index (χ4n) is 4.14. The van der Waals surface area contributed by atoms with Crippen LogP contribution in [0.1, 0.15) is 34.3 Å². The second kappa shape index (κ2) is 10.2. The number of carbonyl (C=O) groups is 1. The summed E-state index contributed by atoms with van der Waals surface area (Å²) in [6.45, 7) is 2.23. The van der Waals surface area contributed by atoms with Crippen molar-refractivity contribution in [2.45, 2.75) is 30.3 Å². The maximum atomic E-state index is 14.6. The predicted octanol–water partition coefficient (Wildman–Crippen LogP) is 5.66. The van der Waals surface area contributed by atoms with Crippen LogP contribution in [0.25, 0.3) is 11.4 Å². The highest BCUT2D eigenvalue weighted by atomic mass is 32.2. The Bertz CT molecular complexity index is 1270. The molecule has 0 bridgehead atoms. The van der Waals surface area contributed by atoms with Crippen molar-refractivity contribution in [3.63, 3.8) is 0 Å². The average Bonchev–Trinajstić information content (AvgIpc) is 3.55. The van der Waals surface area contributed by atoms with E-state index in [1.807, 2.05) is 64.1 Å². The van der Waals surface area contributed by atoms with Crippen LogP contribution in [0.4, 0.5) is 4.39 Å². The number of aromatic nitrogens is 3. The van der Waals surface area contributed by atoms with Gasteiger partial charge in [-0.05, 0) is 48.2 Å². The van der Waals surface area contributed by atoms with Gasteiger partial charge in [-0.15, -0.1) is 10.2 Å². The van der Waals surface area contributed by atoms with Crippen molar-refractivity contribution in [3.05, 3.63) is 101 Å². The molecule has 2 heterocycles. The van der Waals surface area contributed by atoms with Crippen molar-refractivity contribution < 1.29 is 9.18 Å². The standard InChI is InChI=1S/C27H25FN4OS/c28-24-11-5-4-10-23(24)25-29-30-27(32(25)18-20-8-2-1-3-9-20)34-19-21-12-14-22(15-13-21)26(33)31-16-6-7-17-31/h1-5,8-15H,6-7,16-19H2. The number of carbonyl (C=O) groups excluding carboxylic acids is 1. The topological polar surface area (TPSA) is 51.0 Å². The number of thioether (sulfide) groups is 1. The van der Waals surface area contributed by atoms with Crippen LogP contribution in [0, 0.1) is 5.82 Å². The Kier molecular flexibility index (Phi) is 6.72. The smallest absolute Gasteiger partial charge is 0.253 e.